The minimum atomic E-state index is -2.77. The van der Waals surface area contributed by atoms with Crippen LogP contribution in [0.5, 0.6) is 0 Å². The highest BCUT2D eigenvalue weighted by molar-refractivity contribution is 5.26. The van der Waals surface area contributed by atoms with Crippen molar-refractivity contribution >= 4 is 0 Å². The van der Waals surface area contributed by atoms with Crippen LogP contribution in [0.15, 0.2) is 18.2 Å². The topological polar surface area (TPSA) is 26.0 Å². The summed E-state index contributed by atoms with van der Waals surface area (Å²) < 4.78 is 37.1. The molecular weight excluding hydrogens is 179 g/mol. The smallest absolute Gasteiger partial charge is 0.266 e. The van der Waals surface area contributed by atoms with Crippen LogP contribution in [-0.4, -0.2) is 6.54 Å². The van der Waals surface area contributed by atoms with E-state index >= 15 is 0 Å². The van der Waals surface area contributed by atoms with Crippen molar-refractivity contribution < 1.29 is 13.2 Å². The average Bonchev–Trinajstić information content (AvgIpc) is 2.08. The van der Waals surface area contributed by atoms with Gasteiger partial charge in [-0.05, 0) is 30.7 Å². The number of halogens is 3. The number of hydrogen-bond donors (Lipinski definition) is 1. The third-order valence-corrected chi connectivity index (χ3v) is 1.73. The summed E-state index contributed by atoms with van der Waals surface area (Å²) in [4.78, 5) is 0. The zero-order chi connectivity index (χ0) is 9.84. The summed E-state index contributed by atoms with van der Waals surface area (Å²) in [5, 5.41) is 0. The molecule has 0 amide bonds. The van der Waals surface area contributed by atoms with Gasteiger partial charge in [0.25, 0.3) is 6.43 Å². The Bertz CT molecular complexity index is 286. The van der Waals surface area contributed by atoms with Crippen LogP contribution in [0.4, 0.5) is 13.2 Å². The van der Waals surface area contributed by atoms with Gasteiger partial charge in [-0.15, -0.1) is 0 Å². The van der Waals surface area contributed by atoms with Crippen LogP contribution in [0.3, 0.4) is 0 Å². The third-order valence-electron chi connectivity index (χ3n) is 1.73. The number of rotatable bonds is 3. The zero-order valence-corrected chi connectivity index (χ0v) is 6.93. The van der Waals surface area contributed by atoms with E-state index in [1.54, 1.807) is 0 Å². The lowest BCUT2D eigenvalue weighted by atomic mass is 10.1. The fourth-order valence-corrected chi connectivity index (χ4v) is 1.08. The van der Waals surface area contributed by atoms with E-state index in [4.69, 9.17) is 5.73 Å². The van der Waals surface area contributed by atoms with E-state index in [0.717, 1.165) is 12.1 Å². The van der Waals surface area contributed by atoms with Crippen LogP contribution in [0.25, 0.3) is 0 Å². The van der Waals surface area contributed by atoms with Gasteiger partial charge in [-0.25, -0.2) is 13.2 Å². The van der Waals surface area contributed by atoms with Crippen molar-refractivity contribution in [3.8, 4) is 0 Å². The highest BCUT2D eigenvalue weighted by atomic mass is 19.3. The second-order valence-electron chi connectivity index (χ2n) is 2.70. The van der Waals surface area contributed by atoms with E-state index in [1.165, 1.54) is 6.07 Å². The SMILES string of the molecule is NCCc1ccc(F)c(C(F)F)c1. The Morgan fingerprint density at radius 2 is 2.00 bits per heavy atom. The van der Waals surface area contributed by atoms with Gasteiger partial charge in [0, 0.05) is 0 Å². The van der Waals surface area contributed by atoms with Crippen molar-refractivity contribution in [1.29, 1.82) is 0 Å². The van der Waals surface area contributed by atoms with Crippen molar-refractivity contribution in [2.75, 3.05) is 6.54 Å². The predicted molar refractivity (Wildman–Crippen MR) is 44.1 cm³/mol. The molecule has 0 radical (unpaired) electrons. The molecule has 0 aliphatic carbocycles. The molecule has 0 fully saturated rings. The first kappa shape index (κ1) is 10.1. The molecule has 0 unspecified atom stereocenters. The summed E-state index contributed by atoms with van der Waals surface area (Å²) in [7, 11) is 0. The largest absolute Gasteiger partial charge is 0.330 e. The van der Waals surface area contributed by atoms with Crippen molar-refractivity contribution in [2.24, 2.45) is 5.73 Å². The lowest BCUT2D eigenvalue weighted by molar-refractivity contribution is 0.146. The molecule has 0 aliphatic heterocycles. The molecule has 4 heteroatoms. The van der Waals surface area contributed by atoms with Crippen LogP contribution in [0.1, 0.15) is 17.6 Å². The van der Waals surface area contributed by atoms with Crippen molar-refractivity contribution in [1.82, 2.24) is 0 Å². The molecule has 0 bridgehead atoms. The summed E-state index contributed by atoms with van der Waals surface area (Å²) in [6, 6.07) is 3.67. The molecule has 0 heterocycles. The molecule has 1 nitrogen and oxygen atoms in total. The van der Waals surface area contributed by atoms with E-state index in [-0.39, 0.29) is 0 Å². The molecule has 72 valence electrons. The fraction of sp³-hybridized carbons (Fsp3) is 0.333. The summed E-state index contributed by atoms with van der Waals surface area (Å²) in [6.45, 7) is 0.369. The van der Waals surface area contributed by atoms with E-state index in [0.29, 0.717) is 18.5 Å². The molecular formula is C9H10F3N. The average molecular weight is 189 g/mol. The molecule has 0 spiro atoms. The third kappa shape index (κ3) is 2.45. The lowest BCUT2D eigenvalue weighted by Crippen LogP contribution is -2.03. The summed E-state index contributed by atoms with van der Waals surface area (Å²) in [5.74, 6) is -0.865. The van der Waals surface area contributed by atoms with Gasteiger partial charge < -0.3 is 5.73 Å². The Balaban J connectivity index is 2.97. The Hall–Kier alpha value is -1.03. The number of nitrogens with two attached hydrogens (primary N) is 1. The maximum absolute atomic E-state index is 12.7. The van der Waals surface area contributed by atoms with Crippen LogP contribution in [-0.2, 0) is 6.42 Å². The molecule has 1 rings (SSSR count). The molecule has 0 saturated heterocycles. The van der Waals surface area contributed by atoms with E-state index in [1.807, 2.05) is 0 Å². The zero-order valence-electron chi connectivity index (χ0n) is 6.93. The highest BCUT2D eigenvalue weighted by Gasteiger charge is 2.13. The van der Waals surface area contributed by atoms with Crippen LogP contribution in [0, 0.1) is 5.82 Å². The van der Waals surface area contributed by atoms with E-state index in [2.05, 4.69) is 0 Å². The quantitative estimate of drug-likeness (QED) is 0.775. The molecule has 2 N–H and O–H groups in total. The molecule has 0 aromatic heterocycles. The minimum absolute atomic E-state index is 0.369. The van der Waals surface area contributed by atoms with Gasteiger partial charge in [0.05, 0.1) is 5.56 Å². The highest BCUT2D eigenvalue weighted by Crippen LogP contribution is 2.22. The minimum Gasteiger partial charge on any atom is -0.330 e. The van der Waals surface area contributed by atoms with Gasteiger partial charge >= 0.3 is 0 Å². The van der Waals surface area contributed by atoms with Gasteiger partial charge in [0.2, 0.25) is 0 Å². The van der Waals surface area contributed by atoms with Gasteiger partial charge in [0.1, 0.15) is 5.82 Å². The fourth-order valence-electron chi connectivity index (χ4n) is 1.08. The Labute approximate surface area is 74.4 Å². The number of benzene rings is 1. The maximum Gasteiger partial charge on any atom is 0.266 e. The predicted octanol–water partition coefficient (Wildman–Crippen LogP) is 2.26. The molecule has 0 saturated carbocycles. The first-order chi connectivity index (χ1) is 6.15. The standard InChI is InChI=1S/C9H10F3N/c10-8-2-1-6(3-4-13)5-7(8)9(11)12/h1-2,5,9H,3-4,13H2. The first-order valence-corrected chi connectivity index (χ1v) is 3.91. The van der Waals surface area contributed by atoms with Gasteiger partial charge in [-0.1, -0.05) is 6.07 Å². The normalized spacial score (nSPS) is 10.8. The Kier molecular flexibility index (Phi) is 3.31. The van der Waals surface area contributed by atoms with Crippen LogP contribution < -0.4 is 5.73 Å². The second kappa shape index (κ2) is 4.28. The molecule has 13 heavy (non-hydrogen) atoms. The van der Waals surface area contributed by atoms with Crippen molar-refractivity contribution in [3.05, 3.63) is 35.1 Å². The van der Waals surface area contributed by atoms with E-state index < -0.39 is 17.8 Å². The van der Waals surface area contributed by atoms with Gasteiger partial charge in [-0.2, -0.15) is 0 Å². The van der Waals surface area contributed by atoms with Crippen molar-refractivity contribution in [2.45, 2.75) is 12.8 Å². The van der Waals surface area contributed by atoms with Crippen molar-refractivity contribution in [3.63, 3.8) is 0 Å². The second-order valence-corrected chi connectivity index (χ2v) is 2.70. The monoisotopic (exact) mass is 189 g/mol. The van der Waals surface area contributed by atoms with Gasteiger partial charge in [-0.3, -0.25) is 0 Å². The van der Waals surface area contributed by atoms with Gasteiger partial charge in [0.15, 0.2) is 0 Å². The molecule has 0 aliphatic rings. The molecule has 0 atom stereocenters. The van der Waals surface area contributed by atoms with Crippen LogP contribution >= 0.6 is 0 Å². The summed E-state index contributed by atoms with van der Waals surface area (Å²) in [6.07, 6.45) is -2.28. The van der Waals surface area contributed by atoms with Crippen LogP contribution in [0.2, 0.25) is 0 Å². The Morgan fingerprint density at radius 1 is 1.31 bits per heavy atom. The summed E-state index contributed by atoms with van der Waals surface area (Å²) in [5.41, 5.74) is 5.33. The Morgan fingerprint density at radius 3 is 2.54 bits per heavy atom. The van der Waals surface area contributed by atoms with E-state index in [9.17, 15) is 13.2 Å². The first-order valence-electron chi connectivity index (χ1n) is 3.91. The lowest BCUT2D eigenvalue weighted by Gasteiger charge is -2.04. The number of hydrogen-bond acceptors (Lipinski definition) is 1. The number of alkyl halides is 2. The molecule has 1 aromatic rings. The maximum atomic E-state index is 12.7. The summed E-state index contributed by atoms with van der Waals surface area (Å²) >= 11 is 0. The molecule has 1 aromatic carbocycles.